The maximum Gasteiger partial charge on any atom is 0.0108 e. The van der Waals surface area contributed by atoms with Gasteiger partial charge in [-0.1, -0.05) is 32.4 Å². The molecule has 1 atom stereocenters. The Morgan fingerprint density at radius 1 is 1.33 bits per heavy atom. The zero-order valence-corrected chi connectivity index (χ0v) is 10.9. The molecule has 1 rings (SSSR count). The normalized spacial score (nSPS) is 13.5. The predicted molar refractivity (Wildman–Crippen MR) is 70.8 cm³/mol. The number of aryl methyl sites for hydroxylation is 1. The molecule has 0 aliphatic heterocycles. The van der Waals surface area contributed by atoms with Gasteiger partial charge >= 0.3 is 0 Å². The fourth-order valence-corrected chi connectivity index (χ4v) is 3.01. The Balaban J connectivity index is 2.65. The molecule has 0 aromatic carbocycles. The molecule has 0 fully saturated rings. The summed E-state index contributed by atoms with van der Waals surface area (Å²) < 4.78 is 0. The molecular formula is C14H22S. The fourth-order valence-electron chi connectivity index (χ4n) is 1.93. The zero-order valence-electron chi connectivity index (χ0n) is 10.1. The van der Waals surface area contributed by atoms with Crippen LogP contribution in [0, 0.1) is 6.92 Å². The smallest absolute Gasteiger partial charge is 0.0108 e. The summed E-state index contributed by atoms with van der Waals surface area (Å²) in [6, 6.07) is 2.24. The third kappa shape index (κ3) is 3.83. The highest BCUT2D eigenvalue weighted by Gasteiger charge is 2.12. The molecule has 0 saturated carbocycles. The Labute approximate surface area is 98.0 Å². The predicted octanol–water partition coefficient (Wildman–Crippen LogP) is 5.30. The van der Waals surface area contributed by atoms with E-state index in [0.717, 1.165) is 12.3 Å². The van der Waals surface area contributed by atoms with E-state index < -0.39 is 0 Å². The Morgan fingerprint density at radius 3 is 2.67 bits per heavy atom. The van der Waals surface area contributed by atoms with Gasteiger partial charge in [0.2, 0.25) is 0 Å². The van der Waals surface area contributed by atoms with Gasteiger partial charge < -0.3 is 0 Å². The van der Waals surface area contributed by atoms with Crippen LogP contribution in [0.4, 0.5) is 0 Å². The molecule has 0 aliphatic carbocycles. The monoisotopic (exact) mass is 222 g/mol. The second kappa shape index (κ2) is 6.84. The third-order valence-corrected chi connectivity index (χ3v) is 3.91. The van der Waals surface area contributed by atoms with Crippen molar-refractivity contribution in [1.29, 1.82) is 0 Å². The number of allylic oxidation sites excluding steroid dienone is 2. The maximum absolute atomic E-state index is 2.35. The Bertz CT molecular complexity index is 296. The minimum Gasteiger partial charge on any atom is -0.148 e. The summed E-state index contributed by atoms with van der Waals surface area (Å²) in [6.45, 7) is 6.71. The summed E-state index contributed by atoms with van der Waals surface area (Å²) in [7, 11) is 0. The highest BCUT2D eigenvalue weighted by Crippen LogP contribution is 2.32. The van der Waals surface area contributed by atoms with Gasteiger partial charge in [0.05, 0.1) is 0 Å². The van der Waals surface area contributed by atoms with Crippen molar-refractivity contribution in [1.82, 2.24) is 0 Å². The number of thiophene rings is 1. The van der Waals surface area contributed by atoms with Crippen LogP contribution in [0.15, 0.2) is 23.6 Å². The Morgan fingerprint density at radius 2 is 2.13 bits per heavy atom. The Hall–Kier alpha value is -0.560. The van der Waals surface area contributed by atoms with Crippen molar-refractivity contribution in [2.45, 2.75) is 52.4 Å². The van der Waals surface area contributed by atoms with Gasteiger partial charge in [0.1, 0.15) is 0 Å². The molecule has 0 saturated heterocycles. The van der Waals surface area contributed by atoms with Crippen molar-refractivity contribution in [3.63, 3.8) is 0 Å². The van der Waals surface area contributed by atoms with Gasteiger partial charge in [-0.15, -0.1) is 11.3 Å². The first-order chi connectivity index (χ1) is 7.29. The van der Waals surface area contributed by atoms with E-state index in [4.69, 9.17) is 0 Å². The van der Waals surface area contributed by atoms with Crippen LogP contribution in [-0.2, 0) is 0 Å². The van der Waals surface area contributed by atoms with E-state index in [1.807, 2.05) is 11.3 Å². The van der Waals surface area contributed by atoms with Gasteiger partial charge in [0.25, 0.3) is 0 Å². The molecule has 1 unspecified atom stereocenters. The second-order valence-corrected chi connectivity index (χ2v) is 5.02. The van der Waals surface area contributed by atoms with E-state index in [0.29, 0.717) is 0 Å². The molecule has 0 N–H and O–H groups in total. The summed E-state index contributed by atoms with van der Waals surface area (Å²) in [5.41, 5.74) is 1.48. The molecule has 1 aromatic heterocycles. The molecule has 1 heteroatoms. The molecule has 0 radical (unpaired) electrons. The quantitative estimate of drug-likeness (QED) is 0.573. The summed E-state index contributed by atoms with van der Waals surface area (Å²) in [5.74, 6) is 0.748. The molecule has 84 valence electrons. The third-order valence-electron chi connectivity index (χ3n) is 2.73. The van der Waals surface area contributed by atoms with Crippen molar-refractivity contribution in [3.05, 3.63) is 34.0 Å². The molecule has 0 nitrogen and oxygen atoms in total. The Kier molecular flexibility index (Phi) is 5.70. The molecule has 0 bridgehead atoms. The lowest BCUT2D eigenvalue weighted by Gasteiger charge is -2.13. The highest BCUT2D eigenvalue weighted by molar-refractivity contribution is 7.10. The van der Waals surface area contributed by atoms with Crippen LogP contribution >= 0.6 is 11.3 Å². The molecule has 1 heterocycles. The van der Waals surface area contributed by atoms with Crippen LogP contribution < -0.4 is 0 Å². The van der Waals surface area contributed by atoms with Crippen LogP contribution in [0.5, 0.6) is 0 Å². The fraction of sp³-hybridized carbons (Fsp3) is 0.571. The van der Waals surface area contributed by atoms with Gasteiger partial charge in [-0.25, -0.2) is 0 Å². The molecule has 0 spiro atoms. The largest absolute Gasteiger partial charge is 0.148 e. The van der Waals surface area contributed by atoms with Gasteiger partial charge in [-0.2, -0.15) is 0 Å². The number of hydrogen-bond donors (Lipinski definition) is 0. The second-order valence-electron chi connectivity index (χ2n) is 4.07. The topological polar surface area (TPSA) is 0 Å². The highest BCUT2D eigenvalue weighted by atomic mass is 32.1. The summed E-state index contributed by atoms with van der Waals surface area (Å²) in [4.78, 5) is 1.60. The zero-order chi connectivity index (χ0) is 11.1. The molecule has 1 aromatic rings. The van der Waals surface area contributed by atoms with Gasteiger partial charge in [-0.05, 0) is 49.1 Å². The lowest BCUT2D eigenvalue weighted by molar-refractivity contribution is 0.627. The van der Waals surface area contributed by atoms with E-state index >= 15 is 0 Å². The van der Waals surface area contributed by atoms with Crippen LogP contribution in [0.3, 0.4) is 0 Å². The van der Waals surface area contributed by atoms with Gasteiger partial charge in [-0.3, -0.25) is 0 Å². The minimum atomic E-state index is 0.748. The average Bonchev–Trinajstić information content (AvgIpc) is 2.64. The van der Waals surface area contributed by atoms with Gasteiger partial charge in [0, 0.05) is 4.88 Å². The van der Waals surface area contributed by atoms with Crippen molar-refractivity contribution in [3.8, 4) is 0 Å². The van der Waals surface area contributed by atoms with Crippen LogP contribution in [-0.4, -0.2) is 0 Å². The van der Waals surface area contributed by atoms with Crippen LogP contribution in [0.2, 0.25) is 0 Å². The summed E-state index contributed by atoms with van der Waals surface area (Å²) in [5, 5.41) is 2.22. The standard InChI is InChI=1S/C14H22S/c1-4-6-7-9-13(8-5-2)14-12(3)10-11-15-14/h6-7,10-11,13H,4-5,8-9H2,1-3H3/b7-6-. The van der Waals surface area contributed by atoms with Gasteiger partial charge in [0.15, 0.2) is 0 Å². The molecule has 0 amide bonds. The summed E-state index contributed by atoms with van der Waals surface area (Å²) >= 11 is 1.92. The molecule has 15 heavy (non-hydrogen) atoms. The molecular weight excluding hydrogens is 200 g/mol. The summed E-state index contributed by atoms with van der Waals surface area (Å²) in [6.07, 6.45) is 9.59. The van der Waals surface area contributed by atoms with E-state index in [1.54, 1.807) is 4.88 Å². The first kappa shape index (κ1) is 12.5. The first-order valence-electron chi connectivity index (χ1n) is 5.98. The van der Waals surface area contributed by atoms with Crippen LogP contribution in [0.25, 0.3) is 0 Å². The van der Waals surface area contributed by atoms with Crippen molar-refractivity contribution < 1.29 is 0 Å². The minimum absolute atomic E-state index is 0.748. The SMILES string of the molecule is CC/C=C\CC(CCC)c1sccc1C. The van der Waals surface area contributed by atoms with E-state index in [9.17, 15) is 0 Å². The lowest BCUT2D eigenvalue weighted by atomic mass is 9.95. The number of rotatable bonds is 6. The van der Waals surface area contributed by atoms with Crippen molar-refractivity contribution in [2.24, 2.45) is 0 Å². The van der Waals surface area contributed by atoms with Crippen LogP contribution in [0.1, 0.15) is 55.9 Å². The maximum atomic E-state index is 2.35. The van der Waals surface area contributed by atoms with E-state index in [2.05, 4.69) is 44.4 Å². The lowest BCUT2D eigenvalue weighted by Crippen LogP contribution is -1.96. The van der Waals surface area contributed by atoms with E-state index in [-0.39, 0.29) is 0 Å². The molecule has 0 aliphatic rings. The number of hydrogen-bond acceptors (Lipinski definition) is 1. The van der Waals surface area contributed by atoms with E-state index in [1.165, 1.54) is 24.8 Å². The first-order valence-corrected chi connectivity index (χ1v) is 6.86. The van der Waals surface area contributed by atoms with Crippen molar-refractivity contribution >= 4 is 11.3 Å². The average molecular weight is 222 g/mol. The van der Waals surface area contributed by atoms with Crippen molar-refractivity contribution in [2.75, 3.05) is 0 Å².